The monoisotopic (exact) mass is 504 g/mol. The number of nitrogens with one attached hydrogen (secondary N) is 1. The van der Waals surface area contributed by atoms with E-state index < -0.39 is 5.97 Å². The first-order chi connectivity index (χ1) is 17.3. The van der Waals surface area contributed by atoms with Gasteiger partial charge in [-0.25, -0.2) is 4.79 Å². The Morgan fingerprint density at radius 1 is 1.11 bits per heavy atom. The van der Waals surface area contributed by atoms with Gasteiger partial charge in [0.15, 0.2) is 6.29 Å². The van der Waals surface area contributed by atoms with Gasteiger partial charge in [-0.3, -0.25) is 15.2 Å². The van der Waals surface area contributed by atoms with Crippen LogP contribution in [0.15, 0.2) is 52.7 Å². The molecule has 9 heteroatoms. The van der Waals surface area contributed by atoms with Gasteiger partial charge in [-0.15, -0.1) is 11.3 Å². The predicted molar refractivity (Wildman–Crippen MR) is 145 cm³/mol. The van der Waals surface area contributed by atoms with Gasteiger partial charge in [0.05, 0.1) is 17.1 Å². The van der Waals surface area contributed by atoms with E-state index in [2.05, 4.69) is 27.8 Å². The van der Waals surface area contributed by atoms with E-state index in [1.165, 1.54) is 30.0 Å². The van der Waals surface area contributed by atoms with Gasteiger partial charge >= 0.3 is 5.97 Å². The van der Waals surface area contributed by atoms with Crippen LogP contribution in [-0.4, -0.2) is 40.9 Å². The molecule has 3 N–H and O–H groups in total. The Morgan fingerprint density at radius 2 is 1.86 bits per heavy atom. The van der Waals surface area contributed by atoms with Gasteiger partial charge in [0.2, 0.25) is 0 Å². The van der Waals surface area contributed by atoms with Crippen LogP contribution in [0.4, 0.5) is 11.4 Å². The van der Waals surface area contributed by atoms with Crippen LogP contribution in [0.1, 0.15) is 46.1 Å². The molecule has 0 bridgehead atoms. The molecule has 2 aromatic carbocycles. The van der Waals surface area contributed by atoms with Gasteiger partial charge in [0.1, 0.15) is 16.3 Å². The number of carboxylic acid groups (broad SMARTS) is 1. The zero-order valence-electron chi connectivity index (χ0n) is 20.4. The highest BCUT2D eigenvalue weighted by atomic mass is 32.1. The zero-order chi connectivity index (χ0) is 25.8. The molecule has 0 unspecified atom stereocenters. The number of aromatic hydroxyl groups is 1. The fourth-order valence-electron chi connectivity index (χ4n) is 4.22. The molecule has 4 rings (SSSR count). The maximum atomic E-state index is 11.8. The summed E-state index contributed by atoms with van der Waals surface area (Å²) in [6.45, 7) is 3.55. The number of aryl methyl sites for hydroxylation is 3. The molecule has 0 fully saturated rings. The van der Waals surface area contributed by atoms with Gasteiger partial charge in [-0.2, -0.15) is 10.2 Å². The summed E-state index contributed by atoms with van der Waals surface area (Å²) in [5, 5.41) is 30.5. The quantitative estimate of drug-likeness (QED) is 0.162. The molecule has 0 aliphatic heterocycles. The number of benzene rings is 2. The minimum Gasteiger partial charge on any atom is -0.505 e. The Hall–Kier alpha value is -3.98. The smallest absolute Gasteiger partial charge is 0.345 e. The average molecular weight is 505 g/mol. The summed E-state index contributed by atoms with van der Waals surface area (Å²) in [6.07, 6.45) is 5.20. The molecule has 1 aliphatic carbocycles. The molecule has 1 aliphatic rings. The maximum Gasteiger partial charge on any atom is 0.345 e. The van der Waals surface area contributed by atoms with E-state index in [1.54, 1.807) is 30.1 Å². The van der Waals surface area contributed by atoms with Gasteiger partial charge in [-0.1, -0.05) is 6.07 Å². The van der Waals surface area contributed by atoms with Crippen LogP contribution in [0.5, 0.6) is 5.75 Å². The second-order valence-corrected chi connectivity index (χ2v) is 9.86. The van der Waals surface area contributed by atoms with Crippen molar-refractivity contribution in [2.24, 2.45) is 10.2 Å². The highest BCUT2D eigenvalue weighted by molar-refractivity contribution is 7.17. The molecule has 0 saturated heterocycles. The topological polar surface area (TPSA) is 115 Å². The van der Waals surface area contributed by atoms with Crippen molar-refractivity contribution in [3.05, 3.63) is 64.0 Å². The first-order valence-corrected chi connectivity index (χ1v) is 12.5. The van der Waals surface area contributed by atoms with E-state index in [-0.39, 0.29) is 16.3 Å². The molecule has 0 atom stereocenters. The first-order valence-electron chi connectivity index (χ1n) is 11.6. The number of phenolic OH excluding ortho intramolecular Hbond substituents is 1. The number of phenols is 1. The van der Waals surface area contributed by atoms with Crippen molar-refractivity contribution < 1.29 is 19.8 Å². The molecular formula is C27H28N4O4S. The Kier molecular flexibility index (Phi) is 7.49. The van der Waals surface area contributed by atoms with Crippen LogP contribution in [0.25, 0.3) is 10.4 Å². The number of aromatic carboxylic acids is 1. The van der Waals surface area contributed by atoms with E-state index in [4.69, 9.17) is 0 Å². The molecule has 186 valence electrons. The van der Waals surface area contributed by atoms with E-state index >= 15 is 0 Å². The fraction of sp³-hybridized carbons (Fsp3) is 0.259. The first kappa shape index (κ1) is 25.1. The van der Waals surface area contributed by atoms with Crippen molar-refractivity contribution in [2.75, 3.05) is 17.5 Å². The summed E-state index contributed by atoms with van der Waals surface area (Å²) >= 11 is 1.07. The number of carboxylic acids is 1. The zero-order valence-corrected chi connectivity index (χ0v) is 21.2. The molecule has 0 radical (unpaired) electrons. The van der Waals surface area contributed by atoms with E-state index in [9.17, 15) is 19.8 Å². The van der Waals surface area contributed by atoms with Gasteiger partial charge in [0.25, 0.3) is 0 Å². The molecule has 36 heavy (non-hydrogen) atoms. The molecule has 1 aromatic heterocycles. The van der Waals surface area contributed by atoms with Crippen LogP contribution in [0.3, 0.4) is 0 Å². The number of carbonyl (C=O) groups is 2. The summed E-state index contributed by atoms with van der Waals surface area (Å²) in [6, 6.07) is 12.9. The average Bonchev–Trinajstić information content (AvgIpc) is 3.36. The van der Waals surface area contributed by atoms with Gasteiger partial charge in [0, 0.05) is 17.5 Å². The lowest BCUT2D eigenvalue weighted by Crippen LogP contribution is -2.20. The number of hydrogen-bond donors (Lipinski definition) is 3. The SMILES string of the molecule is CC(=N/N(C)c1ccc2c(c1)CCCC2)/C(C=O)=N/Nc1cc(C)cc(-c2ccc(C(=O)O)s2)c1O. The molecule has 0 amide bonds. The van der Waals surface area contributed by atoms with Crippen molar-refractivity contribution >= 4 is 46.4 Å². The number of hydrogen-bond acceptors (Lipinski definition) is 8. The van der Waals surface area contributed by atoms with Crippen LogP contribution >= 0.6 is 11.3 Å². The summed E-state index contributed by atoms with van der Waals surface area (Å²) < 4.78 is 0. The second kappa shape index (κ2) is 10.7. The van der Waals surface area contributed by atoms with Crippen LogP contribution in [0, 0.1) is 6.92 Å². The summed E-state index contributed by atoms with van der Waals surface area (Å²) in [4.78, 5) is 23.8. The minimum absolute atomic E-state index is 0.0887. The van der Waals surface area contributed by atoms with Crippen LogP contribution in [0.2, 0.25) is 0 Å². The molecular weight excluding hydrogens is 476 g/mol. The van der Waals surface area contributed by atoms with Crippen molar-refractivity contribution in [1.29, 1.82) is 0 Å². The van der Waals surface area contributed by atoms with Gasteiger partial charge < -0.3 is 10.2 Å². The predicted octanol–water partition coefficient (Wildman–Crippen LogP) is 5.49. The number of thiophene rings is 1. The third kappa shape index (κ3) is 5.46. The van der Waals surface area contributed by atoms with Crippen molar-refractivity contribution in [2.45, 2.75) is 39.5 Å². The van der Waals surface area contributed by atoms with Gasteiger partial charge in [-0.05, 0) is 92.6 Å². The van der Waals surface area contributed by atoms with E-state index in [0.717, 1.165) is 35.4 Å². The number of hydrazone groups is 2. The number of carbonyl (C=O) groups excluding carboxylic acids is 1. The van der Waals surface area contributed by atoms with Crippen molar-refractivity contribution in [1.82, 2.24) is 0 Å². The maximum absolute atomic E-state index is 11.8. The number of aldehydes is 1. The summed E-state index contributed by atoms with van der Waals surface area (Å²) in [7, 11) is 1.83. The Labute approximate surface area is 213 Å². The third-order valence-electron chi connectivity index (χ3n) is 6.12. The Bertz CT molecular complexity index is 1380. The second-order valence-electron chi connectivity index (χ2n) is 8.77. The number of nitrogens with zero attached hydrogens (tertiary/aromatic N) is 3. The van der Waals surface area contributed by atoms with Crippen LogP contribution < -0.4 is 10.4 Å². The van der Waals surface area contributed by atoms with Crippen molar-refractivity contribution in [3.63, 3.8) is 0 Å². The minimum atomic E-state index is -1.02. The van der Waals surface area contributed by atoms with E-state index in [1.807, 2.05) is 20.0 Å². The van der Waals surface area contributed by atoms with E-state index in [0.29, 0.717) is 28.1 Å². The molecule has 0 spiro atoms. The molecule has 1 heterocycles. The normalized spacial score (nSPS) is 13.8. The largest absolute Gasteiger partial charge is 0.505 e. The number of fused-ring (bicyclic) bond motifs is 1. The third-order valence-corrected chi connectivity index (χ3v) is 7.23. The summed E-state index contributed by atoms with van der Waals surface area (Å²) in [5.41, 5.74) is 8.55. The Morgan fingerprint density at radius 3 is 2.56 bits per heavy atom. The lowest BCUT2D eigenvalue weighted by atomic mass is 9.91. The molecule has 8 nitrogen and oxygen atoms in total. The molecule has 3 aromatic rings. The lowest BCUT2D eigenvalue weighted by molar-refractivity contribution is -0.102. The standard InChI is InChI=1S/C27H28N4O4S/c1-16-12-21(24-10-11-25(36-24)27(34)35)26(33)22(13-16)28-29-23(15-32)17(2)30-31(3)20-9-8-18-6-4-5-7-19(18)14-20/h8-15,28,33H,4-7H2,1-3H3,(H,34,35)/b29-23+,30-17-. The Balaban J connectivity index is 1.56. The highest BCUT2D eigenvalue weighted by Crippen LogP contribution is 2.40. The fourth-order valence-corrected chi connectivity index (χ4v) is 5.08. The van der Waals surface area contributed by atoms with Crippen molar-refractivity contribution in [3.8, 4) is 16.2 Å². The number of anilines is 2. The lowest BCUT2D eigenvalue weighted by Gasteiger charge is -2.20. The molecule has 0 saturated carbocycles. The summed E-state index contributed by atoms with van der Waals surface area (Å²) in [5.74, 6) is -1.11. The van der Waals surface area contributed by atoms with Crippen LogP contribution in [-0.2, 0) is 17.6 Å². The number of rotatable bonds is 8. The highest BCUT2D eigenvalue weighted by Gasteiger charge is 2.16.